The van der Waals surface area contributed by atoms with Gasteiger partial charge in [-0.05, 0) is 22.0 Å². The highest BCUT2D eigenvalue weighted by Crippen LogP contribution is 2.29. The molecular weight excluding hydrogens is 236 g/mol. The van der Waals surface area contributed by atoms with Crippen LogP contribution in [0, 0.1) is 0 Å². The molecule has 1 N–H and O–H groups in total. The van der Waals surface area contributed by atoms with Gasteiger partial charge in [-0.25, -0.2) is 4.79 Å². The SMILES string of the molecule is O=C(O)c1sc(S)cc1Br. The van der Waals surface area contributed by atoms with Crippen LogP contribution in [-0.4, -0.2) is 11.1 Å². The first-order chi connectivity index (χ1) is 4.61. The summed E-state index contributed by atoms with van der Waals surface area (Å²) in [6.07, 6.45) is 0. The Bertz CT molecular complexity index is 269. The number of hydrogen-bond acceptors (Lipinski definition) is 3. The molecule has 1 heterocycles. The zero-order valence-corrected chi connectivity index (χ0v) is 7.96. The largest absolute Gasteiger partial charge is 0.477 e. The summed E-state index contributed by atoms with van der Waals surface area (Å²) < 4.78 is 1.29. The highest BCUT2D eigenvalue weighted by Gasteiger charge is 2.10. The number of aromatic carboxylic acids is 1. The molecule has 0 aliphatic rings. The highest BCUT2D eigenvalue weighted by atomic mass is 79.9. The number of carboxylic acids is 1. The Morgan fingerprint density at radius 2 is 2.40 bits per heavy atom. The molecule has 0 radical (unpaired) electrons. The average molecular weight is 239 g/mol. The van der Waals surface area contributed by atoms with Crippen molar-refractivity contribution < 1.29 is 9.90 Å². The third-order valence-electron chi connectivity index (χ3n) is 0.868. The van der Waals surface area contributed by atoms with E-state index >= 15 is 0 Å². The summed E-state index contributed by atoms with van der Waals surface area (Å²) in [4.78, 5) is 10.7. The van der Waals surface area contributed by atoms with E-state index in [9.17, 15) is 4.79 Å². The van der Waals surface area contributed by atoms with Gasteiger partial charge >= 0.3 is 5.97 Å². The second kappa shape index (κ2) is 2.94. The molecule has 10 heavy (non-hydrogen) atoms. The molecule has 0 fully saturated rings. The molecule has 1 aromatic rings. The zero-order valence-electron chi connectivity index (χ0n) is 4.67. The van der Waals surface area contributed by atoms with Gasteiger partial charge in [0.15, 0.2) is 0 Å². The second-order valence-corrected chi connectivity index (χ2v) is 4.26. The van der Waals surface area contributed by atoms with Gasteiger partial charge in [-0.15, -0.1) is 24.0 Å². The summed E-state index contributed by atoms with van der Waals surface area (Å²) in [5, 5.41) is 8.53. The Hall–Kier alpha value is -0.000000000000000111. The smallest absolute Gasteiger partial charge is 0.347 e. The summed E-state index contributed by atoms with van der Waals surface area (Å²) >= 11 is 8.23. The van der Waals surface area contributed by atoms with Gasteiger partial charge in [0, 0.05) is 4.47 Å². The molecule has 0 amide bonds. The molecule has 0 aromatic carbocycles. The maximum Gasteiger partial charge on any atom is 0.347 e. The van der Waals surface area contributed by atoms with Crippen LogP contribution in [0.15, 0.2) is 14.7 Å². The molecule has 0 spiro atoms. The van der Waals surface area contributed by atoms with E-state index in [1.165, 1.54) is 0 Å². The summed E-state index contributed by atoms with van der Waals surface area (Å²) in [7, 11) is 0. The lowest BCUT2D eigenvalue weighted by Gasteiger charge is -1.84. The monoisotopic (exact) mass is 238 g/mol. The lowest BCUT2D eigenvalue weighted by Crippen LogP contribution is -1.91. The van der Waals surface area contributed by atoms with E-state index in [1.54, 1.807) is 6.07 Å². The van der Waals surface area contributed by atoms with Gasteiger partial charge in [0.05, 0.1) is 4.21 Å². The van der Waals surface area contributed by atoms with Crippen LogP contribution in [0.3, 0.4) is 0 Å². The van der Waals surface area contributed by atoms with Crippen molar-refractivity contribution in [2.24, 2.45) is 0 Å². The number of carboxylic acid groups (broad SMARTS) is 1. The van der Waals surface area contributed by atoms with Crippen LogP contribution in [0.4, 0.5) is 0 Å². The number of halogens is 1. The Kier molecular flexibility index (Phi) is 2.38. The van der Waals surface area contributed by atoms with E-state index < -0.39 is 5.97 Å². The number of thiophene rings is 1. The van der Waals surface area contributed by atoms with Crippen LogP contribution in [0.1, 0.15) is 9.67 Å². The second-order valence-electron chi connectivity index (χ2n) is 1.57. The highest BCUT2D eigenvalue weighted by molar-refractivity contribution is 9.10. The molecule has 1 rings (SSSR count). The number of rotatable bonds is 1. The first kappa shape index (κ1) is 8.10. The van der Waals surface area contributed by atoms with Crippen molar-refractivity contribution in [2.75, 3.05) is 0 Å². The molecule has 2 nitrogen and oxygen atoms in total. The van der Waals surface area contributed by atoms with Crippen molar-refractivity contribution >= 4 is 45.9 Å². The Morgan fingerprint density at radius 3 is 2.60 bits per heavy atom. The molecule has 0 aliphatic heterocycles. The van der Waals surface area contributed by atoms with Crippen molar-refractivity contribution in [3.63, 3.8) is 0 Å². The molecule has 0 atom stereocenters. The predicted octanol–water partition coefficient (Wildman–Crippen LogP) is 2.50. The first-order valence-corrected chi connectivity index (χ1v) is 4.38. The Morgan fingerprint density at radius 1 is 1.80 bits per heavy atom. The molecular formula is C5H3BrO2S2. The third kappa shape index (κ3) is 1.53. The zero-order chi connectivity index (χ0) is 7.72. The third-order valence-corrected chi connectivity index (χ3v) is 3.08. The normalized spacial score (nSPS) is 9.80. The lowest BCUT2D eigenvalue weighted by molar-refractivity contribution is 0.0701. The van der Waals surface area contributed by atoms with E-state index in [0.29, 0.717) is 13.6 Å². The van der Waals surface area contributed by atoms with Crippen LogP contribution in [0.2, 0.25) is 0 Å². The fourth-order valence-electron chi connectivity index (χ4n) is 0.503. The van der Waals surface area contributed by atoms with Crippen molar-refractivity contribution in [1.82, 2.24) is 0 Å². The molecule has 0 unspecified atom stereocenters. The van der Waals surface area contributed by atoms with Crippen molar-refractivity contribution in [2.45, 2.75) is 4.21 Å². The summed E-state index contributed by atoms with van der Waals surface area (Å²) in [6.45, 7) is 0. The Balaban J connectivity index is 3.15. The number of thiol groups is 1. The van der Waals surface area contributed by atoms with Crippen LogP contribution >= 0.6 is 39.9 Å². The maximum atomic E-state index is 10.4. The summed E-state index contributed by atoms with van der Waals surface area (Å²) in [6, 6.07) is 1.66. The molecule has 54 valence electrons. The van der Waals surface area contributed by atoms with E-state index in [-0.39, 0.29) is 0 Å². The number of carbonyl (C=O) groups is 1. The van der Waals surface area contributed by atoms with E-state index in [2.05, 4.69) is 28.6 Å². The molecule has 0 saturated carbocycles. The molecule has 0 saturated heterocycles. The fourth-order valence-corrected chi connectivity index (χ4v) is 2.50. The fraction of sp³-hybridized carbons (Fsp3) is 0. The van der Waals surface area contributed by atoms with Gasteiger partial charge in [-0.1, -0.05) is 0 Å². The van der Waals surface area contributed by atoms with E-state index in [0.717, 1.165) is 11.3 Å². The quantitative estimate of drug-likeness (QED) is 0.739. The Labute approximate surface area is 75.4 Å². The molecule has 5 heteroatoms. The molecule has 1 aromatic heterocycles. The minimum atomic E-state index is -0.919. The van der Waals surface area contributed by atoms with Crippen LogP contribution < -0.4 is 0 Å². The molecule has 0 aliphatic carbocycles. The summed E-state index contributed by atoms with van der Waals surface area (Å²) in [5.41, 5.74) is 0. The van der Waals surface area contributed by atoms with Gasteiger partial charge in [0.25, 0.3) is 0 Å². The standard InChI is InChI=1S/C5H3BrO2S2/c6-2-1-3(9)10-4(2)5(7)8/h1,9H,(H,7,8). The minimum absolute atomic E-state index is 0.296. The van der Waals surface area contributed by atoms with Crippen molar-refractivity contribution in [1.29, 1.82) is 0 Å². The van der Waals surface area contributed by atoms with Crippen LogP contribution in [0.25, 0.3) is 0 Å². The number of hydrogen-bond donors (Lipinski definition) is 2. The van der Waals surface area contributed by atoms with E-state index in [1.807, 2.05) is 0 Å². The topological polar surface area (TPSA) is 37.3 Å². The first-order valence-electron chi connectivity index (χ1n) is 2.33. The van der Waals surface area contributed by atoms with Gasteiger partial charge < -0.3 is 5.11 Å². The van der Waals surface area contributed by atoms with Gasteiger partial charge in [0.1, 0.15) is 4.88 Å². The van der Waals surface area contributed by atoms with Crippen molar-refractivity contribution in [3.8, 4) is 0 Å². The van der Waals surface area contributed by atoms with Crippen LogP contribution in [-0.2, 0) is 0 Å². The van der Waals surface area contributed by atoms with Gasteiger partial charge in [-0.3, -0.25) is 0 Å². The maximum absolute atomic E-state index is 10.4. The van der Waals surface area contributed by atoms with E-state index in [4.69, 9.17) is 5.11 Å². The lowest BCUT2D eigenvalue weighted by atomic mass is 10.5. The van der Waals surface area contributed by atoms with Crippen molar-refractivity contribution in [3.05, 3.63) is 15.4 Å². The summed E-state index contributed by atoms with van der Waals surface area (Å²) in [5.74, 6) is -0.919. The predicted molar refractivity (Wildman–Crippen MR) is 46.2 cm³/mol. The van der Waals surface area contributed by atoms with Crippen LogP contribution in [0.5, 0.6) is 0 Å². The van der Waals surface area contributed by atoms with Gasteiger partial charge in [0.2, 0.25) is 0 Å². The molecule has 0 bridgehead atoms. The minimum Gasteiger partial charge on any atom is -0.477 e. The van der Waals surface area contributed by atoms with Gasteiger partial charge in [-0.2, -0.15) is 0 Å². The average Bonchev–Trinajstić information content (AvgIpc) is 2.10.